The number of hydrogen-bond donors (Lipinski definition) is 0. The molecule has 0 aromatic heterocycles. The summed E-state index contributed by atoms with van der Waals surface area (Å²) in [6, 6.07) is 2.02. The maximum Gasteiger partial charge on any atom is 0.261 e. The molecule has 0 radical (unpaired) electrons. The second kappa shape index (κ2) is 5.93. The Kier molecular flexibility index (Phi) is 4.58. The van der Waals surface area contributed by atoms with E-state index in [1.54, 1.807) is 11.9 Å². The van der Waals surface area contributed by atoms with Crippen LogP contribution in [0.3, 0.4) is 0 Å². The maximum absolute atomic E-state index is 13.6. The molecule has 0 spiro atoms. The highest BCUT2D eigenvalue weighted by atomic mass is 35.7. The largest absolute Gasteiger partial charge is 0.339 e. The van der Waals surface area contributed by atoms with Crippen LogP contribution >= 0.6 is 10.7 Å². The van der Waals surface area contributed by atoms with Crippen molar-refractivity contribution in [3.63, 3.8) is 0 Å². The molecule has 1 aromatic rings. The summed E-state index contributed by atoms with van der Waals surface area (Å²) in [5, 5.41) is 0. The van der Waals surface area contributed by atoms with Crippen molar-refractivity contribution in [1.82, 2.24) is 4.90 Å². The summed E-state index contributed by atoms with van der Waals surface area (Å²) in [5.74, 6) is -1.16. The molecular weight excluding hydrogens is 317 g/mol. The van der Waals surface area contributed by atoms with Crippen LogP contribution in [0.2, 0.25) is 0 Å². The number of carbonyl (C=O) groups excluding carboxylic acids is 1. The lowest BCUT2D eigenvalue weighted by Gasteiger charge is -2.25. The van der Waals surface area contributed by atoms with Gasteiger partial charge in [0.2, 0.25) is 0 Å². The zero-order valence-electron chi connectivity index (χ0n) is 11.9. The normalized spacial score (nSPS) is 16.2. The predicted molar refractivity (Wildman–Crippen MR) is 78.5 cm³/mol. The van der Waals surface area contributed by atoms with E-state index in [1.165, 1.54) is 6.92 Å². The number of nitrogens with zero attached hydrogens (tertiary/aromatic N) is 1. The number of rotatable bonds is 3. The standard InChI is InChI=1S/C14H17ClFNO3S/c1-9-12(7-10(16)8-13(9)21(15,19)20)14(18)17(2)11-5-3-4-6-11/h7-8,11H,3-6H2,1-2H3. The molecule has 1 saturated carbocycles. The van der Waals surface area contributed by atoms with Crippen molar-refractivity contribution >= 4 is 25.6 Å². The van der Waals surface area contributed by atoms with Crippen LogP contribution in [0.4, 0.5) is 4.39 Å². The quantitative estimate of drug-likeness (QED) is 0.799. The van der Waals surface area contributed by atoms with Gasteiger partial charge in [0.05, 0.1) is 4.90 Å². The van der Waals surface area contributed by atoms with Crippen molar-refractivity contribution in [3.8, 4) is 0 Å². The van der Waals surface area contributed by atoms with Crippen molar-refractivity contribution in [2.45, 2.75) is 43.5 Å². The Bertz CT molecular complexity index is 669. The average molecular weight is 334 g/mol. The van der Waals surface area contributed by atoms with E-state index in [4.69, 9.17) is 10.7 Å². The molecule has 7 heteroatoms. The van der Waals surface area contributed by atoms with Crippen molar-refractivity contribution < 1.29 is 17.6 Å². The SMILES string of the molecule is Cc1c(C(=O)N(C)C2CCCC2)cc(F)cc1S(=O)(=O)Cl. The number of halogens is 2. The van der Waals surface area contributed by atoms with Crippen LogP contribution in [0.15, 0.2) is 17.0 Å². The van der Waals surface area contributed by atoms with Gasteiger partial charge in [-0.3, -0.25) is 4.79 Å². The first-order valence-electron chi connectivity index (χ1n) is 6.74. The highest BCUT2D eigenvalue weighted by molar-refractivity contribution is 8.13. The molecule has 4 nitrogen and oxygen atoms in total. The van der Waals surface area contributed by atoms with E-state index in [-0.39, 0.29) is 28.0 Å². The Morgan fingerprint density at radius 2 is 1.90 bits per heavy atom. The molecule has 116 valence electrons. The monoisotopic (exact) mass is 333 g/mol. The minimum absolute atomic E-state index is 0.0450. The van der Waals surface area contributed by atoms with E-state index in [0.717, 1.165) is 37.8 Å². The molecule has 1 aliphatic rings. The Hall–Kier alpha value is -1.14. The van der Waals surface area contributed by atoms with E-state index in [2.05, 4.69) is 0 Å². The first kappa shape index (κ1) is 16.2. The van der Waals surface area contributed by atoms with Crippen molar-refractivity contribution in [1.29, 1.82) is 0 Å². The van der Waals surface area contributed by atoms with E-state index in [9.17, 15) is 17.6 Å². The molecule has 1 fully saturated rings. The summed E-state index contributed by atoms with van der Waals surface area (Å²) >= 11 is 0. The lowest BCUT2D eigenvalue weighted by Crippen LogP contribution is -2.35. The highest BCUT2D eigenvalue weighted by Crippen LogP contribution is 2.28. The van der Waals surface area contributed by atoms with Gasteiger partial charge in [0, 0.05) is 29.3 Å². The fraction of sp³-hybridized carbons (Fsp3) is 0.500. The zero-order valence-corrected chi connectivity index (χ0v) is 13.5. The molecule has 1 aromatic carbocycles. The smallest absolute Gasteiger partial charge is 0.261 e. The van der Waals surface area contributed by atoms with E-state index in [1.807, 2.05) is 0 Å². The molecule has 0 aliphatic heterocycles. The topological polar surface area (TPSA) is 54.5 Å². The minimum Gasteiger partial charge on any atom is -0.339 e. The molecule has 2 rings (SSSR count). The lowest BCUT2D eigenvalue weighted by atomic mass is 10.1. The minimum atomic E-state index is -4.10. The third kappa shape index (κ3) is 3.37. The molecule has 21 heavy (non-hydrogen) atoms. The fourth-order valence-electron chi connectivity index (χ4n) is 2.78. The Morgan fingerprint density at radius 1 is 1.33 bits per heavy atom. The average Bonchev–Trinajstić information content (AvgIpc) is 2.92. The molecule has 1 amide bonds. The zero-order chi connectivity index (χ0) is 15.8. The van der Waals surface area contributed by atoms with Crippen LogP contribution in [0.1, 0.15) is 41.6 Å². The lowest BCUT2D eigenvalue weighted by molar-refractivity contribution is 0.0733. The van der Waals surface area contributed by atoms with Gasteiger partial charge in [0.25, 0.3) is 15.0 Å². The van der Waals surface area contributed by atoms with Crippen LogP contribution in [0, 0.1) is 12.7 Å². The van der Waals surface area contributed by atoms with Gasteiger partial charge in [-0.05, 0) is 37.5 Å². The summed E-state index contributed by atoms with van der Waals surface area (Å²) in [7, 11) is 2.87. The first-order chi connectivity index (χ1) is 9.71. The van der Waals surface area contributed by atoms with Crippen LogP contribution in [0.5, 0.6) is 0 Å². The summed E-state index contributed by atoms with van der Waals surface area (Å²) in [5.41, 5.74) is 0.227. The Balaban J connectivity index is 2.44. The van der Waals surface area contributed by atoms with E-state index < -0.39 is 14.9 Å². The fourth-order valence-corrected chi connectivity index (χ4v) is 3.99. The van der Waals surface area contributed by atoms with E-state index >= 15 is 0 Å². The van der Waals surface area contributed by atoms with Crippen molar-refractivity contribution in [2.24, 2.45) is 0 Å². The first-order valence-corrected chi connectivity index (χ1v) is 9.04. The van der Waals surface area contributed by atoms with Crippen LogP contribution in [-0.2, 0) is 9.05 Å². The Morgan fingerprint density at radius 3 is 2.43 bits per heavy atom. The van der Waals surface area contributed by atoms with Gasteiger partial charge in [0.1, 0.15) is 5.82 Å². The molecule has 0 heterocycles. The number of amides is 1. The van der Waals surface area contributed by atoms with Gasteiger partial charge in [-0.2, -0.15) is 0 Å². The molecule has 0 atom stereocenters. The summed E-state index contributed by atoms with van der Waals surface area (Å²) in [4.78, 5) is 13.7. The maximum atomic E-state index is 13.6. The summed E-state index contributed by atoms with van der Waals surface area (Å²) in [6.07, 6.45) is 3.95. The number of hydrogen-bond acceptors (Lipinski definition) is 3. The van der Waals surface area contributed by atoms with Gasteiger partial charge >= 0.3 is 0 Å². The molecule has 0 saturated heterocycles. The summed E-state index contributed by atoms with van der Waals surface area (Å²) < 4.78 is 36.6. The predicted octanol–water partition coefficient (Wildman–Crippen LogP) is 3.08. The molecule has 1 aliphatic carbocycles. The molecule has 0 bridgehead atoms. The van der Waals surface area contributed by atoms with Gasteiger partial charge in [-0.1, -0.05) is 12.8 Å². The van der Waals surface area contributed by atoms with Crippen molar-refractivity contribution in [3.05, 3.63) is 29.1 Å². The summed E-state index contributed by atoms with van der Waals surface area (Å²) in [6.45, 7) is 1.46. The number of benzene rings is 1. The third-order valence-corrected chi connectivity index (χ3v) is 5.46. The highest BCUT2D eigenvalue weighted by Gasteiger charge is 2.27. The Labute approximate surface area is 128 Å². The van der Waals surface area contributed by atoms with Crippen molar-refractivity contribution in [2.75, 3.05) is 7.05 Å². The second-order valence-electron chi connectivity index (χ2n) is 5.37. The van der Waals surface area contributed by atoms with Gasteiger partial charge < -0.3 is 4.90 Å². The van der Waals surface area contributed by atoms with Crippen LogP contribution in [-0.4, -0.2) is 32.3 Å². The number of carbonyl (C=O) groups is 1. The molecular formula is C14H17ClFNO3S. The molecule has 0 N–H and O–H groups in total. The van der Waals surface area contributed by atoms with Crippen LogP contribution < -0.4 is 0 Å². The molecule has 0 unspecified atom stereocenters. The van der Waals surface area contributed by atoms with Gasteiger partial charge in [-0.25, -0.2) is 12.8 Å². The third-order valence-electron chi connectivity index (χ3n) is 4.01. The van der Waals surface area contributed by atoms with E-state index in [0.29, 0.717) is 0 Å². The van der Waals surface area contributed by atoms with Gasteiger partial charge in [-0.15, -0.1) is 0 Å². The van der Waals surface area contributed by atoms with Gasteiger partial charge in [0.15, 0.2) is 0 Å². The van der Waals surface area contributed by atoms with Crippen LogP contribution in [0.25, 0.3) is 0 Å². The second-order valence-corrected chi connectivity index (χ2v) is 7.90.